The number of allylic oxidation sites excluding steroid dienone is 2. The van der Waals surface area contributed by atoms with Crippen LogP contribution < -0.4 is 0 Å². The fourth-order valence-corrected chi connectivity index (χ4v) is 7.08. The Hall–Kier alpha value is -0.833. The molecule has 0 aromatic heterocycles. The van der Waals surface area contributed by atoms with E-state index in [1.54, 1.807) is 6.92 Å². The molecule has 0 aromatic carbocycles. The number of hydrogen-bond donors (Lipinski definition) is 0. The van der Waals surface area contributed by atoms with E-state index in [0.29, 0.717) is 16.7 Å². The van der Waals surface area contributed by atoms with Gasteiger partial charge in [-0.15, -0.1) is 0 Å². The first kappa shape index (κ1) is 16.2. The predicted molar refractivity (Wildman–Crippen MR) is 76.3 cm³/mol. The predicted octanol–water partition coefficient (Wildman–Crippen LogP) is 4.38. The van der Waals surface area contributed by atoms with Crippen molar-refractivity contribution in [2.75, 3.05) is 0 Å². The lowest BCUT2D eigenvalue weighted by atomic mass is 10.4. The summed E-state index contributed by atoms with van der Waals surface area (Å²) in [6.07, 6.45) is 2.08. The summed E-state index contributed by atoms with van der Waals surface area (Å²) < 4.78 is 5.91. The second kappa shape index (κ2) is 6.19. The number of carbonyl (C=O) groups is 1. The fraction of sp³-hybridized carbons (Fsp3) is 0.643. The maximum absolute atomic E-state index is 11.9. The SMILES string of the molecule is C=C(C)C(=O)O[Si](/C(C)=C\C)(C(C)C)C(C)C. The highest BCUT2D eigenvalue weighted by Crippen LogP contribution is 2.39. The highest BCUT2D eigenvalue weighted by molar-refractivity contribution is 6.84. The largest absolute Gasteiger partial charge is 0.511 e. The summed E-state index contributed by atoms with van der Waals surface area (Å²) in [5.41, 5.74) is 1.20. The van der Waals surface area contributed by atoms with Crippen molar-refractivity contribution in [2.45, 2.75) is 59.5 Å². The van der Waals surface area contributed by atoms with Crippen LogP contribution in [0.4, 0.5) is 0 Å². The lowest BCUT2D eigenvalue weighted by Gasteiger charge is -2.38. The van der Waals surface area contributed by atoms with Crippen LogP contribution in [0.1, 0.15) is 48.5 Å². The first-order valence-electron chi connectivity index (χ1n) is 6.22. The summed E-state index contributed by atoms with van der Waals surface area (Å²) in [6.45, 7) is 18.0. The molecule has 3 heteroatoms. The maximum Gasteiger partial charge on any atom is 0.320 e. The van der Waals surface area contributed by atoms with Crippen LogP contribution in [-0.4, -0.2) is 14.3 Å². The van der Waals surface area contributed by atoms with Crippen LogP contribution in [0.2, 0.25) is 11.1 Å². The van der Waals surface area contributed by atoms with Gasteiger partial charge in [0.15, 0.2) is 0 Å². The summed E-state index contributed by atoms with van der Waals surface area (Å²) in [5, 5.41) is 1.23. The normalized spacial score (nSPS) is 13.1. The van der Waals surface area contributed by atoms with Gasteiger partial charge >= 0.3 is 5.97 Å². The molecule has 0 aromatic rings. The molecule has 0 saturated heterocycles. The van der Waals surface area contributed by atoms with Gasteiger partial charge in [0, 0.05) is 5.57 Å². The van der Waals surface area contributed by atoms with Crippen LogP contribution in [0.25, 0.3) is 0 Å². The highest BCUT2D eigenvalue weighted by atomic mass is 28.4. The number of hydrogen-bond acceptors (Lipinski definition) is 2. The van der Waals surface area contributed by atoms with E-state index < -0.39 is 8.32 Å². The van der Waals surface area contributed by atoms with Gasteiger partial charge in [-0.2, -0.15) is 0 Å². The second-order valence-electron chi connectivity index (χ2n) is 5.24. The molecule has 0 heterocycles. The topological polar surface area (TPSA) is 26.3 Å². The zero-order valence-corrected chi connectivity index (χ0v) is 13.3. The van der Waals surface area contributed by atoms with Crippen LogP contribution in [0.3, 0.4) is 0 Å². The van der Waals surface area contributed by atoms with Crippen molar-refractivity contribution < 1.29 is 9.22 Å². The molecule has 0 unspecified atom stereocenters. The van der Waals surface area contributed by atoms with Gasteiger partial charge in [0.05, 0.1) is 0 Å². The maximum atomic E-state index is 11.9. The van der Waals surface area contributed by atoms with Crippen molar-refractivity contribution in [1.29, 1.82) is 0 Å². The quantitative estimate of drug-likeness (QED) is 0.537. The molecule has 0 bridgehead atoms. The minimum Gasteiger partial charge on any atom is -0.511 e. The minimum absolute atomic E-state index is 0.250. The van der Waals surface area contributed by atoms with E-state index in [1.807, 2.05) is 6.92 Å². The molecule has 0 amide bonds. The Bertz CT molecular complexity index is 319. The Kier molecular flexibility index (Phi) is 5.89. The summed E-state index contributed by atoms with van der Waals surface area (Å²) in [6, 6.07) is 0. The van der Waals surface area contributed by atoms with Gasteiger partial charge in [0.25, 0.3) is 8.32 Å². The molecule has 0 fully saturated rings. The van der Waals surface area contributed by atoms with Gasteiger partial charge in [0.1, 0.15) is 0 Å². The lowest BCUT2D eigenvalue weighted by Crippen LogP contribution is -2.48. The zero-order chi connectivity index (χ0) is 13.8. The fourth-order valence-electron chi connectivity index (χ4n) is 2.36. The summed E-state index contributed by atoms with van der Waals surface area (Å²) >= 11 is 0. The lowest BCUT2D eigenvalue weighted by molar-refractivity contribution is -0.131. The third-order valence-electron chi connectivity index (χ3n) is 3.37. The van der Waals surface area contributed by atoms with E-state index in [4.69, 9.17) is 4.43 Å². The molecular formula is C14H26O2Si. The van der Waals surface area contributed by atoms with Gasteiger partial charge in [-0.05, 0) is 31.9 Å². The number of carbonyl (C=O) groups excluding carboxylic acids is 1. The van der Waals surface area contributed by atoms with Gasteiger partial charge in [-0.1, -0.05) is 45.5 Å². The van der Waals surface area contributed by atoms with Gasteiger partial charge in [-0.25, -0.2) is 4.79 Å². The average Bonchev–Trinajstić information content (AvgIpc) is 2.23. The van der Waals surface area contributed by atoms with Gasteiger partial charge in [-0.3, -0.25) is 0 Å². The van der Waals surface area contributed by atoms with Crippen molar-refractivity contribution in [3.8, 4) is 0 Å². The van der Waals surface area contributed by atoms with Crippen LogP contribution in [0, 0.1) is 0 Å². The Morgan fingerprint density at radius 2 is 1.59 bits per heavy atom. The zero-order valence-electron chi connectivity index (χ0n) is 12.3. The van der Waals surface area contributed by atoms with Crippen LogP contribution >= 0.6 is 0 Å². The van der Waals surface area contributed by atoms with Crippen molar-refractivity contribution in [2.24, 2.45) is 0 Å². The van der Waals surface area contributed by atoms with Crippen molar-refractivity contribution in [3.05, 3.63) is 23.4 Å². The Morgan fingerprint density at radius 3 is 1.82 bits per heavy atom. The first-order chi connectivity index (χ1) is 7.70. The van der Waals surface area contributed by atoms with Gasteiger partial charge in [0.2, 0.25) is 0 Å². The summed E-state index contributed by atoms with van der Waals surface area (Å²) in [5.74, 6) is -0.250. The van der Waals surface area contributed by atoms with Crippen molar-refractivity contribution in [1.82, 2.24) is 0 Å². The van der Waals surface area contributed by atoms with E-state index in [0.717, 1.165) is 0 Å². The molecule has 0 N–H and O–H groups in total. The summed E-state index contributed by atoms with van der Waals surface area (Å²) in [7, 11) is -2.23. The van der Waals surface area contributed by atoms with E-state index >= 15 is 0 Å². The van der Waals surface area contributed by atoms with Crippen LogP contribution in [-0.2, 0) is 9.22 Å². The Morgan fingerprint density at radius 1 is 1.18 bits per heavy atom. The molecular weight excluding hydrogens is 228 g/mol. The molecule has 0 aliphatic heterocycles. The Balaban J connectivity index is 5.50. The number of rotatable bonds is 5. The van der Waals surface area contributed by atoms with E-state index in [2.05, 4.69) is 47.3 Å². The van der Waals surface area contributed by atoms with Crippen LogP contribution in [0.15, 0.2) is 23.4 Å². The molecule has 0 atom stereocenters. The molecule has 98 valence electrons. The second-order valence-corrected chi connectivity index (χ2v) is 10.1. The molecule has 0 aliphatic rings. The van der Waals surface area contributed by atoms with Gasteiger partial charge < -0.3 is 4.43 Å². The van der Waals surface area contributed by atoms with Crippen molar-refractivity contribution >= 4 is 14.3 Å². The third kappa shape index (κ3) is 3.31. The highest BCUT2D eigenvalue weighted by Gasteiger charge is 2.46. The molecule has 0 radical (unpaired) electrons. The molecule has 2 nitrogen and oxygen atoms in total. The molecule has 0 aliphatic carbocycles. The summed E-state index contributed by atoms with van der Waals surface area (Å²) in [4.78, 5) is 11.9. The average molecular weight is 254 g/mol. The van der Waals surface area contributed by atoms with Crippen molar-refractivity contribution in [3.63, 3.8) is 0 Å². The molecule has 17 heavy (non-hydrogen) atoms. The van der Waals surface area contributed by atoms with E-state index in [9.17, 15) is 4.79 Å². The molecule has 0 rings (SSSR count). The minimum atomic E-state index is -2.23. The van der Waals surface area contributed by atoms with Crippen LogP contribution in [0.5, 0.6) is 0 Å². The monoisotopic (exact) mass is 254 g/mol. The third-order valence-corrected chi connectivity index (χ3v) is 8.85. The molecule has 0 saturated carbocycles. The smallest absolute Gasteiger partial charge is 0.320 e. The molecule has 0 spiro atoms. The Labute approximate surface area is 107 Å². The van der Waals surface area contributed by atoms with E-state index in [1.165, 1.54) is 5.20 Å². The standard InChI is InChI=1S/C14H26O2Si/c1-9-13(8)17(11(4)5,12(6)7)16-14(15)10(2)3/h9,11-12H,2H2,1,3-8H3/b13-9-. The first-order valence-corrected chi connectivity index (χ1v) is 8.28. The van der Waals surface area contributed by atoms with E-state index in [-0.39, 0.29) is 5.97 Å².